The molecule has 3 nitrogen and oxygen atoms in total. The average Bonchev–Trinajstić information content (AvgIpc) is 2.43. The molecule has 1 heterocycles. The zero-order valence-corrected chi connectivity index (χ0v) is 13.3. The van der Waals surface area contributed by atoms with E-state index in [-0.39, 0.29) is 5.56 Å². The second-order valence-electron chi connectivity index (χ2n) is 4.44. The minimum absolute atomic E-state index is 0.0417. The Balaban J connectivity index is 2.59. The van der Waals surface area contributed by atoms with E-state index >= 15 is 0 Å². The molecule has 0 amide bonds. The molecule has 0 fully saturated rings. The van der Waals surface area contributed by atoms with Gasteiger partial charge in [-0.25, -0.2) is 4.98 Å². The van der Waals surface area contributed by atoms with Gasteiger partial charge >= 0.3 is 0 Å². The molecule has 19 heavy (non-hydrogen) atoms. The smallest absolute Gasteiger partial charge is 0.264 e. The Hall–Kier alpha value is -1.17. The van der Waals surface area contributed by atoms with Crippen LogP contribution in [0.5, 0.6) is 0 Å². The van der Waals surface area contributed by atoms with Gasteiger partial charge in [-0.05, 0) is 41.0 Å². The molecule has 0 saturated carbocycles. The van der Waals surface area contributed by atoms with E-state index in [0.717, 1.165) is 30.5 Å². The predicted octanol–water partition coefficient (Wildman–Crippen LogP) is 3.56. The van der Waals surface area contributed by atoms with Crippen LogP contribution >= 0.6 is 22.6 Å². The molecular formula is C15H17IN2O. The van der Waals surface area contributed by atoms with Crippen molar-refractivity contribution in [3.05, 3.63) is 49.4 Å². The van der Waals surface area contributed by atoms with E-state index in [9.17, 15) is 4.79 Å². The summed E-state index contributed by atoms with van der Waals surface area (Å²) in [6.07, 6.45) is 2.75. The first-order valence-corrected chi connectivity index (χ1v) is 7.62. The highest BCUT2D eigenvalue weighted by molar-refractivity contribution is 14.1. The highest BCUT2D eigenvalue weighted by Crippen LogP contribution is 2.21. The van der Waals surface area contributed by atoms with Crippen molar-refractivity contribution in [2.75, 3.05) is 0 Å². The number of halogens is 1. The van der Waals surface area contributed by atoms with Crippen LogP contribution in [0.1, 0.15) is 31.5 Å². The van der Waals surface area contributed by atoms with Crippen LogP contribution in [0.25, 0.3) is 11.4 Å². The average molecular weight is 368 g/mol. The molecule has 0 aliphatic rings. The first-order valence-electron chi connectivity index (χ1n) is 6.54. The highest BCUT2D eigenvalue weighted by atomic mass is 127. The van der Waals surface area contributed by atoms with E-state index in [1.54, 1.807) is 0 Å². The van der Waals surface area contributed by atoms with Gasteiger partial charge in [0.1, 0.15) is 5.82 Å². The van der Waals surface area contributed by atoms with Gasteiger partial charge in [0.15, 0.2) is 0 Å². The molecule has 0 aliphatic carbocycles. The monoisotopic (exact) mass is 368 g/mol. The van der Waals surface area contributed by atoms with E-state index in [0.29, 0.717) is 9.39 Å². The van der Waals surface area contributed by atoms with Crippen molar-refractivity contribution in [1.82, 2.24) is 9.97 Å². The topological polar surface area (TPSA) is 45.8 Å². The molecular weight excluding hydrogens is 351 g/mol. The van der Waals surface area contributed by atoms with E-state index in [1.807, 2.05) is 18.2 Å². The van der Waals surface area contributed by atoms with E-state index in [2.05, 4.69) is 52.5 Å². The predicted molar refractivity (Wildman–Crippen MR) is 86.4 cm³/mol. The lowest BCUT2D eigenvalue weighted by Crippen LogP contribution is -2.16. The minimum atomic E-state index is -0.0417. The summed E-state index contributed by atoms with van der Waals surface area (Å²) < 4.78 is 0.706. The largest absolute Gasteiger partial charge is 0.306 e. The lowest BCUT2D eigenvalue weighted by molar-refractivity contribution is 0.859. The standard InChI is InChI=1S/C15H17IN2O/c1-3-7-12-13(16)15(19)18-14(17-12)11-9-6-5-8-10(11)4-2/h5-6,8-9H,3-4,7H2,1-2H3,(H,17,18,19). The molecule has 0 unspecified atom stereocenters. The van der Waals surface area contributed by atoms with Crippen molar-refractivity contribution in [3.63, 3.8) is 0 Å². The number of benzene rings is 1. The number of aromatic amines is 1. The van der Waals surface area contributed by atoms with Crippen LogP contribution in [0.3, 0.4) is 0 Å². The third-order valence-electron chi connectivity index (χ3n) is 3.07. The summed E-state index contributed by atoms with van der Waals surface area (Å²) in [5.41, 5.74) is 3.08. The van der Waals surface area contributed by atoms with E-state index in [1.165, 1.54) is 5.56 Å². The summed E-state index contributed by atoms with van der Waals surface area (Å²) in [6.45, 7) is 4.20. The molecule has 0 spiro atoms. The summed E-state index contributed by atoms with van der Waals surface area (Å²) in [7, 11) is 0. The second kappa shape index (κ2) is 6.32. The van der Waals surface area contributed by atoms with Gasteiger partial charge in [0.05, 0.1) is 9.26 Å². The van der Waals surface area contributed by atoms with Crippen LogP contribution in [-0.2, 0) is 12.8 Å². The van der Waals surface area contributed by atoms with Crippen LogP contribution in [-0.4, -0.2) is 9.97 Å². The fraction of sp³-hybridized carbons (Fsp3) is 0.333. The van der Waals surface area contributed by atoms with Crippen molar-refractivity contribution in [3.8, 4) is 11.4 Å². The Labute approximate surface area is 126 Å². The van der Waals surface area contributed by atoms with Crippen molar-refractivity contribution < 1.29 is 0 Å². The zero-order chi connectivity index (χ0) is 13.8. The summed E-state index contributed by atoms with van der Waals surface area (Å²) in [5, 5.41) is 0. The van der Waals surface area contributed by atoms with Crippen LogP contribution < -0.4 is 5.56 Å². The molecule has 2 aromatic rings. The fourth-order valence-corrected chi connectivity index (χ4v) is 2.62. The van der Waals surface area contributed by atoms with Gasteiger partial charge in [-0.15, -0.1) is 0 Å². The number of rotatable bonds is 4. The Bertz CT molecular complexity index is 634. The maximum Gasteiger partial charge on any atom is 0.264 e. The highest BCUT2D eigenvalue weighted by Gasteiger charge is 2.11. The number of aromatic nitrogens is 2. The number of nitrogens with zero attached hydrogens (tertiary/aromatic N) is 1. The van der Waals surface area contributed by atoms with Gasteiger partial charge in [-0.2, -0.15) is 0 Å². The Kier molecular flexibility index (Phi) is 4.74. The Morgan fingerprint density at radius 2 is 2.00 bits per heavy atom. The van der Waals surface area contributed by atoms with Gasteiger partial charge < -0.3 is 4.98 Å². The molecule has 0 bridgehead atoms. The minimum Gasteiger partial charge on any atom is -0.306 e. The second-order valence-corrected chi connectivity index (χ2v) is 5.51. The molecule has 1 aromatic carbocycles. The van der Waals surface area contributed by atoms with E-state index in [4.69, 9.17) is 0 Å². The normalized spacial score (nSPS) is 10.7. The molecule has 1 N–H and O–H groups in total. The van der Waals surface area contributed by atoms with Crippen molar-refractivity contribution in [2.45, 2.75) is 33.1 Å². The lowest BCUT2D eigenvalue weighted by Gasteiger charge is -2.09. The van der Waals surface area contributed by atoms with Crippen LogP contribution in [0.4, 0.5) is 0 Å². The van der Waals surface area contributed by atoms with Gasteiger partial charge in [-0.3, -0.25) is 4.79 Å². The summed E-state index contributed by atoms with van der Waals surface area (Å²) in [5.74, 6) is 0.686. The Morgan fingerprint density at radius 3 is 2.68 bits per heavy atom. The van der Waals surface area contributed by atoms with Crippen LogP contribution in [0, 0.1) is 3.57 Å². The number of H-pyrrole nitrogens is 1. The molecule has 100 valence electrons. The molecule has 2 rings (SSSR count). The number of aryl methyl sites for hydroxylation is 2. The third kappa shape index (κ3) is 3.05. The lowest BCUT2D eigenvalue weighted by atomic mass is 10.0. The summed E-state index contributed by atoms with van der Waals surface area (Å²) in [6, 6.07) is 8.08. The summed E-state index contributed by atoms with van der Waals surface area (Å²) in [4.78, 5) is 19.5. The van der Waals surface area contributed by atoms with Crippen LogP contribution in [0.2, 0.25) is 0 Å². The Morgan fingerprint density at radius 1 is 1.26 bits per heavy atom. The molecule has 4 heteroatoms. The number of hydrogen-bond acceptors (Lipinski definition) is 2. The first-order chi connectivity index (χ1) is 9.17. The number of hydrogen-bond donors (Lipinski definition) is 1. The van der Waals surface area contributed by atoms with Gasteiger partial charge in [0.2, 0.25) is 0 Å². The molecule has 0 saturated heterocycles. The van der Waals surface area contributed by atoms with Gasteiger partial charge in [0.25, 0.3) is 5.56 Å². The molecule has 0 atom stereocenters. The van der Waals surface area contributed by atoms with Gasteiger partial charge in [-0.1, -0.05) is 44.5 Å². The van der Waals surface area contributed by atoms with Crippen molar-refractivity contribution in [2.24, 2.45) is 0 Å². The fourth-order valence-electron chi connectivity index (χ4n) is 2.10. The van der Waals surface area contributed by atoms with E-state index < -0.39 is 0 Å². The van der Waals surface area contributed by atoms with Crippen LogP contribution in [0.15, 0.2) is 29.1 Å². The zero-order valence-electron chi connectivity index (χ0n) is 11.2. The van der Waals surface area contributed by atoms with Gasteiger partial charge in [0, 0.05) is 5.56 Å². The maximum absolute atomic E-state index is 12.0. The van der Waals surface area contributed by atoms with Crippen molar-refractivity contribution in [1.29, 1.82) is 0 Å². The summed E-state index contributed by atoms with van der Waals surface area (Å²) >= 11 is 2.08. The quantitative estimate of drug-likeness (QED) is 0.839. The molecule has 1 aromatic heterocycles. The molecule has 0 aliphatic heterocycles. The number of nitrogens with one attached hydrogen (secondary N) is 1. The first kappa shape index (κ1) is 14.2. The van der Waals surface area contributed by atoms with Crippen molar-refractivity contribution >= 4 is 22.6 Å². The molecule has 0 radical (unpaired) electrons. The maximum atomic E-state index is 12.0. The third-order valence-corrected chi connectivity index (χ3v) is 4.18. The SMILES string of the molecule is CCCc1nc(-c2ccccc2CC)[nH]c(=O)c1I.